The van der Waals surface area contributed by atoms with E-state index in [9.17, 15) is 9.59 Å². The fraction of sp³-hybridized carbons (Fsp3) is 0.350. The van der Waals surface area contributed by atoms with Crippen molar-refractivity contribution >= 4 is 29.2 Å². The van der Waals surface area contributed by atoms with Crippen LogP contribution in [0.2, 0.25) is 5.15 Å². The van der Waals surface area contributed by atoms with Crippen molar-refractivity contribution in [3.05, 3.63) is 58.4 Å². The first-order valence-corrected chi connectivity index (χ1v) is 9.55. The molecule has 6 nitrogen and oxygen atoms in total. The topological polar surface area (TPSA) is 65.5 Å². The molecule has 0 atom stereocenters. The van der Waals surface area contributed by atoms with Crippen LogP contribution in [0.4, 0.5) is 10.5 Å². The number of aryl methyl sites for hydroxylation is 2. The monoisotopic (exact) mass is 386 g/mol. The Hall–Kier alpha value is -2.60. The van der Waals surface area contributed by atoms with Crippen molar-refractivity contribution in [1.82, 2.24) is 15.0 Å². The number of carbonyl (C=O) groups is 2. The number of rotatable bonds is 4. The Morgan fingerprint density at radius 2 is 1.74 bits per heavy atom. The molecule has 7 heteroatoms. The van der Waals surface area contributed by atoms with E-state index < -0.39 is 0 Å². The van der Waals surface area contributed by atoms with E-state index in [0.29, 0.717) is 23.8 Å². The Kier molecular flexibility index (Phi) is 5.96. The van der Waals surface area contributed by atoms with E-state index in [0.717, 1.165) is 36.1 Å². The van der Waals surface area contributed by atoms with Gasteiger partial charge in [-0.05, 0) is 42.5 Å². The summed E-state index contributed by atoms with van der Waals surface area (Å²) < 4.78 is 0. The SMILES string of the molecule is CCc1cccc(CC)c1NC(=O)N1CCCN1C(=O)c1ccc(Cl)nc1. The Morgan fingerprint density at radius 3 is 2.33 bits per heavy atom. The van der Waals surface area contributed by atoms with Gasteiger partial charge in [0.1, 0.15) is 5.15 Å². The van der Waals surface area contributed by atoms with Crippen molar-refractivity contribution in [2.45, 2.75) is 33.1 Å². The lowest BCUT2D eigenvalue weighted by Gasteiger charge is -2.28. The van der Waals surface area contributed by atoms with Gasteiger partial charge in [-0.25, -0.2) is 19.8 Å². The summed E-state index contributed by atoms with van der Waals surface area (Å²) in [6.07, 6.45) is 3.81. The molecule has 0 bridgehead atoms. The van der Waals surface area contributed by atoms with Crippen LogP contribution in [0.1, 0.15) is 41.8 Å². The van der Waals surface area contributed by atoms with E-state index in [1.165, 1.54) is 16.2 Å². The zero-order chi connectivity index (χ0) is 19.4. The first-order valence-electron chi connectivity index (χ1n) is 9.17. The first kappa shape index (κ1) is 19.2. The second kappa shape index (κ2) is 8.39. The number of urea groups is 1. The second-order valence-corrected chi connectivity index (χ2v) is 6.75. The van der Waals surface area contributed by atoms with Gasteiger partial charge in [-0.1, -0.05) is 43.6 Å². The summed E-state index contributed by atoms with van der Waals surface area (Å²) in [5.74, 6) is -0.258. The number of pyridine rings is 1. The molecule has 1 aliphatic heterocycles. The number of amides is 3. The number of benzene rings is 1. The van der Waals surface area contributed by atoms with Gasteiger partial charge in [-0.2, -0.15) is 0 Å². The molecule has 0 aliphatic carbocycles. The summed E-state index contributed by atoms with van der Waals surface area (Å²) in [4.78, 5) is 29.7. The average molecular weight is 387 g/mol. The van der Waals surface area contributed by atoms with Crippen LogP contribution in [-0.2, 0) is 12.8 Å². The number of aromatic nitrogens is 1. The van der Waals surface area contributed by atoms with Gasteiger partial charge >= 0.3 is 6.03 Å². The normalized spacial score (nSPS) is 13.7. The van der Waals surface area contributed by atoms with Crippen LogP contribution in [-0.4, -0.2) is 40.0 Å². The van der Waals surface area contributed by atoms with Crippen molar-refractivity contribution in [2.24, 2.45) is 0 Å². The third-order valence-corrected chi connectivity index (χ3v) is 4.93. The van der Waals surface area contributed by atoms with Gasteiger partial charge in [-0.15, -0.1) is 0 Å². The van der Waals surface area contributed by atoms with E-state index in [2.05, 4.69) is 24.1 Å². The number of hydrogen-bond donors (Lipinski definition) is 1. The number of hydrogen-bond acceptors (Lipinski definition) is 3. The minimum absolute atomic E-state index is 0.258. The van der Waals surface area contributed by atoms with E-state index >= 15 is 0 Å². The molecule has 3 rings (SSSR count). The fourth-order valence-electron chi connectivity index (χ4n) is 3.26. The summed E-state index contributed by atoms with van der Waals surface area (Å²) in [6.45, 7) is 5.10. The molecule has 2 heterocycles. The third-order valence-electron chi connectivity index (χ3n) is 4.71. The third kappa shape index (κ3) is 4.06. The molecular formula is C20H23ClN4O2. The fourth-order valence-corrected chi connectivity index (χ4v) is 3.37. The lowest BCUT2D eigenvalue weighted by Crippen LogP contribution is -2.47. The second-order valence-electron chi connectivity index (χ2n) is 6.36. The highest BCUT2D eigenvalue weighted by Gasteiger charge is 2.32. The van der Waals surface area contributed by atoms with E-state index in [-0.39, 0.29) is 11.9 Å². The van der Waals surface area contributed by atoms with Gasteiger partial charge < -0.3 is 5.32 Å². The van der Waals surface area contributed by atoms with Crippen molar-refractivity contribution in [1.29, 1.82) is 0 Å². The van der Waals surface area contributed by atoms with Gasteiger partial charge in [0, 0.05) is 25.0 Å². The summed E-state index contributed by atoms with van der Waals surface area (Å²) in [5, 5.41) is 6.30. The highest BCUT2D eigenvalue weighted by molar-refractivity contribution is 6.29. The first-order chi connectivity index (χ1) is 13.0. The van der Waals surface area contributed by atoms with Crippen molar-refractivity contribution in [3.63, 3.8) is 0 Å². The maximum atomic E-state index is 12.9. The Bertz CT molecular complexity index is 816. The van der Waals surface area contributed by atoms with Crippen LogP contribution in [0.15, 0.2) is 36.5 Å². The highest BCUT2D eigenvalue weighted by Crippen LogP contribution is 2.24. The number of para-hydroxylation sites is 1. The van der Waals surface area contributed by atoms with Crippen LogP contribution in [0, 0.1) is 0 Å². The maximum absolute atomic E-state index is 12.9. The summed E-state index contributed by atoms with van der Waals surface area (Å²) in [7, 11) is 0. The van der Waals surface area contributed by atoms with E-state index in [1.54, 1.807) is 12.1 Å². The van der Waals surface area contributed by atoms with E-state index in [1.807, 2.05) is 18.2 Å². The molecule has 1 aromatic heterocycles. The number of anilines is 1. The van der Waals surface area contributed by atoms with Crippen molar-refractivity contribution < 1.29 is 9.59 Å². The van der Waals surface area contributed by atoms with Crippen LogP contribution in [0.5, 0.6) is 0 Å². The molecule has 2 aromatic rings. The molecule has 0 saturated carbocycles. The maximum Gasteiger partial charge on any atom is 0.340 e. The Morgan fingerprint density at radius 1 is 1.07 bits per heavy atom. The molecule has 0 unspecified atom stereocenters. The molecule has 27 heavy (non-hydrogen) atoms. The van der Waals surface area contributed by atoms with Gasteiger partial charge in [-0.3, -0.25) is 4.79 Å². The highest BCUT2D eigenvalue weighted by atomic mass is 35.5. The predicted molar refractivity (Wildman–Crippen MR) is 106 cm³/mol. The summed E-state index contributed by atoms with van der Waals surface area (Å²) >= 11 is 5.79. The molecule has 142 valence electrons. The van der Waals surface area contributed by atoms with E-state index in [4.69, 9.17) is 11.6 Å². The van der Waals surface area contributed by atoms with Gasteiger partial charge in [0.2, 0.25) is 0 Å². The quantitative estimate of drug-likeness (QED) is 0.802. The van der Waals surface area contributed by atoms with Gasteiger partial charge in [0.25, 0.3) is 5.91 Å². The predicted octanol–water partition coefficient (Wildman–Crippen LogP) is 4.15. The van der Waals surface area contributed by atoms with Gasteiger partial charge in [0.15, 0.2) is 0 Å². The molecule has 0 spiro atoms. The Labute approximate surface area is 164 Å². The molecular weight excluding hydrogens is 364 g/mol. The molecule has 1 aliphatic rings. The number of carbonyl (C=O) groups excluding carboxylic acids is 2. The molecule has 1 aromatic carbocycles. The van der Waals surface area contributed by atoms with Crippen LogP contribution in [0.25, 0.3) is 0 Å². The summed E-state index contributed by atoms with van der Waals surface area (Å²) in [6, 6.07) is 8.93. The Balaban J connectivity index is 1.80. The van der Waals surface area contributed by atoms with Crippen LogP contribution < -0.4 is 5.32 Å². The molecule has 1 saturated heterocycles. The zero-order valence-corrected chi connectivity index (χ0v) is 16.3. The lowest BCUT2D eigenvalue weighted by molar-refractivity contribution is 0.0404. The summed E-state index contributed by atoms with van der Waals surface area (Å²) in [5.41, 5.74) is 3.42. The molecule has 1 fully saturated rings. The number of hydrazine groups is 1. The number of nitrogens with zero attached hydrogens (tertiary/aromatic N) is 3. The zero-order valence-electron chi connectivity index (χ0n) is 15.5. The molecule has 1 N–H and O–H groups in total. The largest absolute Gasteiger partial charge is 0.340 e. The van der Waals surface area contributed by atoms with Crippen molar-refractivity contribution in [3.8, 4) is 0 Å². The standard InChI is InChI=1S/C20H23ClN4O2/c1-3-14-7-5-8-15(4-2)18(14)23-20(27)25-12-6-11-24(25)19(26)16-9-10-17(21)22-13-16/h5,7-10,13H,3-4,6,11-12H2,1-2H3,(H,23,27). The van der Waals surface area contributed by atoms with Gasteiger partial charge in [0.05, 0.1) is 5.56 Å². The molecule has 0 radical (unpaired) electrons. The molecule has 3 amide bonds. The average Bonchev–Trinajstić information content (AvgIpc) is 3.18. The number of halogens is 1. The minimum Gasteiger partial charge on any atom is -0.306 e. The van der Waals surface area contributed by atoms with Crippen LogP contribution in [0.3, 0.4) is 0 Å². The smallest absolute Gasteiger partial charge is 0.306 e. The van der Waals surface area contributed by atoms with Crippen LogP contribution >= 0.6 is 11.6 Å². The lowest BCUT2D eigenvalue weighted by atomic mass is 10.0. The minimum atomic E-state index is -0.293. The number of nitrogens with one attached hydrogen (secondary N) is 1. The van der Waals surface area contributed by atoms with Crippen molar-refractivity contribution in [2.75, 3.05) is 18.4 Å².